The minimum atomic E-state index is -1.04. The highest BCUT2D eigenvalue weighted by Crippen LogP contribution is 2.55. The summed E-state index contributed by atoms with van der Waals surface area (Å²) in [6, 6.07) is 4.81. The molecule has 0 saturated heterocycles. The summed E-state index contributed by atoms with van der Waals surface area (Å²) in [6.07, 6.45) is 10.5. The van der Waals surface area contributed by atoms with E-state index >= 15 is 0 Å². The van der Waals surface area contributed by atoms with Gasteiger partial charge in [-0.1, -0.05) is 28.4 Å². The Morgan fingerprint density at radius 3 is 2.43 bits per heavy atom. The topological polar surface area (TPSA) is 136 Å². The number of halogens is 2. The molecule has 4 saturated carbocycles. The van der Waals surface area contributed by atoms with Crippen molar-refractivity contribution in [3.05, 3.63) is 63.3 Å². The van der Waals surface area contributed by atoms with Crippen LogP contribution in [0.15, 0.2) is 35.1 Å². The van der Waals surface area contributed by atoms with E-state index in [1.807, 2.05) is 13.8 Å². The first-order valence-electron chi connectivity index (χ1n) is 15.1. The number of hydrogen-bond acceptors (Lipinski definition) is 8. The van der Waals surface area contributed by atoms with E-state index in [4.69, 9.17) is 42.2 Å². The molecule has 4 fully saturated rings. The van der Waals surface area contributed by atoms with Crippen LogP contribution in [-0.4, -0.2) is 48.1 Å². The van der Waals surface area contributed by atoms with Crippen LogP contribution in [0.2, 0.25) is 10.0 Å². The van der Waals surface area contributed by atoms with Crippen molar-refractivity contribution in [1.29, 1.82) is 0 Å². The lowest BCUT2D eigenvalue weighted by Crippen LogP contribution is -2.49. The number of aromatic nitrogens is 5. The average Bonchev–Trinajstić information content (AvgIpc) is 3.56. The van der Waals surface area contributed by atoms with Gasteiger partial charge in [-0.15, -0.1) is 0 Å². The van der Waals surface area contributed by atoms with E-state index in [9.17, 15) is 9.90 Å². The van der Waals surface area contributed by atoms with Gasteiger partial charge in [0, 0.05) is 40.7 Å². The SMILES string of the molecule is CC(C)Oc1cc(C(=O)O)cc(-c2noc(C34CCC(OCc5c(-c6c(Cl)cncc6Cl)n[nH]c5C5CC5)(CC3)CC4)n2)c1. The number of carboxylic acid groups (broad SMARTS) is 1. The molecule has 4 aliphatic rings. The van der Waals surface area contributed by atoms with Gasteiger partial charge >= 0.3 is 5.97 Å². The van der Waals surface area contributed by atoms with Gasteiger partial charge in [0.1, 0.15) is 11.4 Å². The van der Waals surface area contributed by atoms with E-state index in [0.29, 0.717) is 51.2 Å². The lowest BCUT2D eigenvalue weighted by Gasteiger charge is -2.51. The largest absolute Gasteiger partial charge is 0.491 e. The Morgan fingerprint density at radius 1 is 1.09 bits per heavy atom. The molecule has 0 spiro atoms. The number of rotatable bonds is 10. The number of aromatic carboxylic acids is 1. The predicted octanol–water partition coefficient (Wildman–Crippen LogP) is 7.75. The molecule has 1 aromatic carbocycles. The second kappa shape index (κ2) is 11.2. The van der Waals surface area contributed by atoms with E-state index in [1.54, 1.807) is 24.5 Å². The summed E-state index contributed by atoms with van der Waals surface area (Å²) in [5.41, 5.74) is 3.72. The molecule has 0 aliphatic heterocycles. The number of carboxylic acids is 1. The Labute approximate surface area is 264 Å². The first kappa shape index (κ1) is 29.3. The van der Waals surface area contributed by atoms with Crippen LogP contribution < -0.4 is 4.74 Å². The van der Waals surface area contributed by atoms with Crippen LogP contribution in [0.25, 0.3) is 22.6 Å². The first-order valence-corrected chi connectivity index (χ1v) is 15.8. The van der Waals surface area contributed by atoms with E-state index < -0.39 is 5.97 Å². The Kier molecular flexibility index (Phi) is 7.42. The maximum atomic E-state index is 11.8. The van der Waals surface area contributed by atoms with Crippen LogP contribution >= 0.6 is 23.2 Å². The fraction of sp³-hybridized carbons (Fsp3) is 0.469. The van der Waals surface area contributed by atoms with Gasteiger partial charge in [-0.25, -0.2) is 4.79 Å². The zero-order chi connectivity index (χ0) is 30.6. The third-order valence-electron chi connectivity index (χ3n) is 9.34. The number of ether oxygens (including phenoxy) is 2. The highest BCUT2D eigenvalue weighted by molar-refractivity contribution is 6.38. The molecule has 3 heterocycles. The highest BCUT2D eigenvalue weighted by atomic mass is 35.5. The van der Waals surface area contributed by atoms with Gasteiger partial charge in [0.2, 0.25) is 11.7 Å². The van der Waals surface area contributed by atoms with Gasteiger partial charge < -0.3 is 19.1 Å². The Hall–Kier alpha value is -3.47. The van der Waals surface area contributed by atoms with Crippen LogP contribution in [-0.2, 0) is 16.8 Å². The molecule has 0 atom stereocenters. The third kappa shape index (κ3) is 5.37. The van der Waals surface area contributed by atoms with Crippen molar-refractivity contribution in [3.8, 4) is 28.4 Å². The van der Waals surface area contributed by atoms with Crippen molar-refractivity contribution in [2.45, 2.75) is 94.9 Å². The number of nitrogens with zero attached hydrogens (tertiary/aromatic N) is 4. The molecule has 4 aliphatic carbocycles. The number of fused-ring (bicyclic) bond motifs is 3. The minimum Gasteiger partial charge on any atom is -0.491 e. The van der Waals surface area contributed by atoms with E-state index in [0.717, 1.165) is 68.3 Å². The zero-order valence-corrected chi connectivity index (χ0v) is 26.0. The lowest BCUT2D eigenvalue weighted by molar-refractivity contribution is -0.130. The molecule has 0 amide bonds. The standard InChI is InChI=1S/C32H33Cl2N5O5/c1-17(2)43-21-12-19(11-20(13-21)29(40)41)28-36-30(44-39-28)31-5-8-32(9-6-31,10-7-31)42-16-22-26(18-3-4-18)37-38-27(22)25-23(33)14-35-15-24(25)34/h11-15,17-18H,3-10,16H2,1-2H3,(H,37,38)(H,40,41). The highest BCUT2D eigenvalue weighted by Gasteiger charge is 2.53. The molecule has 4 aromatic rings. The maximum Gasteiger partial charge on any atom is 0.335 e. The molecule has 0 radical (unpaired) electrons. The Balaban J connectivity index is 1.09. The summed E-state index contributed by atoms with van der Waals surface area (Å²) in [6.45, 7) is 4.20. The molecule has 0 unspecified atom stereocenters. The zero-order valence-electron chi connectivity index (χ0n) is 24.5. The number of aromatic amines is 1. The van der Waals surface area contributed by atoms with Crippen LogP contribution in [0.3, 0.4) is 0 Å². The molecule has 2 bridgehead atoms. The first-order chi connectivity index (χ1) is 21.2. The number of benzene rings is 1. The van der Waals surface area contributed by atoms with Gasteiger partial charge in [-0.05, 0) is 83.4 Å². The molecule has 12 heteroatoms. The van der Waals surface area contributed by atoms with Crippen molar-refractivity contribution in [2.75, 3.05) is 0 Å². The second-order valence-electron chi connectivity index (χ2n) is 12.6. The summed E-state index contributed by atoms with van der Waals surface area (Å²) < 4.78 is 18.4. The summed E-state index contributed by atoms with van der Waals surface area (Å²) in [5, 5.41) is 22.7. The molecule has 44 heavy (non-hydrogen) atoms. The van der Waals surface area contributed by atoms with E-state index in [2.05, 4.69) is 20.3 Å². The summed E-state index contributed by atoms with van der Waals surface area (Å²) in [5.74, 6) is 0.822. The van der Waals surface area contributed by atoms with Crippen molar-refractivity contribution in [2.24, 2.45) is 0 Å². The Bertz CT molecular complexity index is 1680. The van der Waals surface area contributed by atoms with Gasteiger partial charge in [-0.2, -0.15) is 10.1 Å². The quantitative estimate of drug-likeness (QED) is 0.179. The van der Waals surface area contributed by atoms with Crippen LogP contribution in [0, 0.1) is 0 Å². The lowest BCUT2D eigenvalue weighted by atomic mass is 9.58. The third-order valence-corrected chi connectivity index (χ3v) is 9.91. The molecule has 10 nitrogen and oxygen atoms in total. The molecule has 2 N–H and O–H groups in total. The maximum absolute atomic E-state index is 11.8. The summed E-state index contributed by atoms with van der Waals surface area (Å²) >= 11 is 13.0. The van der Waals surface area contributed by atoms with E-state index in [-0.39, 0.29) is 22.7 Å². The minimum absolute atomic E-state index is 0.106. The monoisotopic (exact) mass is 637 g/mol. The molecular weight excluding hydrogens is 605 g/mol. The number of pyridine rings is 1. The number of nitrogens with one attached hydrogen (secondary N) is 1. The van der Waals surface area contributed by atoms with Crippen molar-refractivity contribution >= 4 is 29.2 Å². The van der Waals surface area contributed by atoms with Gasteiger partial charge in [0.15, 0.2) is 0 Å². The van der Waals surface area contributed by atoms with Gasteiger partial charge in [-0.3, -0.25) is 10.1 Å². The van der Waals surface area contributed by atoms with Gasteiger partial charge in [0.05, 0.1) is 39.3 Å². The van der Waals surface area contributed by atoms with E-state index in [1.165, 1.54) is 6.07 Å². The van der Waals surface area contributed by atoms with Crippen molar-refractivity contribution in [1.82, 2.24) is 25.3 Å². The number of H-pyrrole nitrogens is 1. The van der Waals surface area contributed by atoms with Crippen LogP contribution in [0.1, 0.15) is 98.6 Å². The second-order valence-corrected chi connectivity index (χ2v) is 13.4. The fourth-order valence-electron chi connectivity index (χ4n) is 6.74. The number of carbonyl (C=O) groups is 1. The van der Waals surface area contributed by atoms with Gasteiger partial charge in [0.25, 0.3) is 0 Å². The molecular formula is C32H33Cl2N5O5. The number of hydrogen-bond donors (Lipinski definition) is 2. The van der Waals surface area contributed by atoms with Crippen LogP contribution in [0.5, 0.6) is 5.75 Å². The summed E-state index contributed by atoms with van der Waals surface area (Å²) in [7, 11) is 0. The average molecular weight is 639 g/mol. The summed E-state index contributed by atoms with van der Waals surface area (Å²) in [4.78, 5) is 20.7. The smallest absolute Gasteiger partial charge is 0.335 e. The van der Waals surface area contributed by atoms with Crippen molar-refractivity contribution < 1.29 is 23.9 Å². The normalized spacial score (nSPS) is 22.9. The van der Waals surface area contributed by atoms with Crippen molar-refractivity contribution in [3.63, 3.8) is 0 Å². The van der Waals surface area contributed by atoms with Crippen LogP contribution in [0.4, 0.5) is 0 Å². The fourth-order valence-corrected chi connectivity index (χ4v) is 7.28. The molecule has 230 valence electrons. The molecule has 8 rings (SSSR count). The predicted molar refractivity (Wildman–Crippen MR) is 163 cm³/mol. The Morgan fingerprint density at radius 2 is 1.80 bits per heavy atom. The molecule has 3 aromatic heterocycles.